The van der Waals surface area contributed by atoms with Gasteiger partial charge in [-0.1, -0.05) is 44.9 Å². The minimum Gasteiger partial charge on any atom is -0.351 e. The lowest BCUT2D eigenvalue weighted by molar-refractivity contribution is -0.117. The summed E-state index contributed by atoms with van der Waals surface area (Å²) in [5.41, 5.74) is 0.752. The first-order valence-electron chi connectivity index (χ1n) is 9.50. The second-order valence-corrected chi connectivity index (χ2v) is 7.66. The molecule has 1 N–H and O–H groups in total. The lowest BCUT2D eigenvalue weighted by Crippen LogP contribution is -2.35. The molecule has 1 unspecified atom stereocenters. The number of unbranched alkanes of at least 4 members (excludes halogenated alkanes) is 2. The molecule has 0 bridgehead atoms. The van der Waals surface area contributed by atoms with Gasteiger partial charge in [-0.05, 0) is 32.0 Å². The summed E-state index contributed by atoms with van der Waals surface area (Å²) >= 11 is 1.39. The Bertz CT molecular complexity index is 615. The maximum Gasteiger partial charge on any atom is 0.283 e. The second kappa shape index (κ2) is 11.1. The molecular weight excluding hydrogens is 346 g/mol. The summed E-state index contributed by atoms with van der Waals surface area (Å²) in [7, 11) is 0. The van der Waals surface area contributed by atoms with E-state index in [0.29, 0.717) is 11.4 Å². The Hall–Kier alpha value is -1.66. The molecule has 1 atom stereocenters. The molecule has 0 aromatic heterocycles. The molecule has 0 spiro atoms. The van der Waals surface area contributed by atoms with Crippen LogP contribution in [0.15, 0.2) is 40.3 Å². The van der Waals surface area contributed by atoms with Gasteiger partial charge in [-0.25, -0.2) is 4.99 Å². The van der Waals surface area contributed by atoms with Crippen LogP contribution in [0.2, 0.25) is 0 Å². The number of carbonyl (C=O) groups excluding carboxylic acids is 2. The number of thioether (sulfide) groups is 1. The third kappa shape index (κ3) is 6.57. The molecule has 0 fully saturated rings. The number of carbonyl (C=O) groups is 2. The van der Waals surface area contributed by atoms with Crippen molar-refractivity contribution in [2.45, 2.75) is 44.8 Å². The third-order valence-electron chi connectivity index (χ3n) is 4.30. The van der Waals surface area contributed by atoms with Crippen molar-refractivity contribution in [2.24, 2.45) is 4.99 Å². The number of fused-ring (bicyclic) bond motifs is 1. The van der Waals surface area contributed by atoms with Gasteiger partial charge in [0.1, 0.15) is 0 Å². The number of amides is 2. The smallest absolute Gasteiger partial charge is 0.283 e. The highest BCUT2D eigenvalue weighted by atomic mass is 32.2. The fourth-order valence-electron chi connectivity index (χ4n) is 2.77. The highest BCUT2D eigenvalue weighted by molar-refractivity contribution is 8.05. The molecule has 26 heavy (non-hydrogen) atoms. The second-order valence-electron chi connectivity index (χ2n) is 6.47. The van der Waals surface area contributed by atoms with Crippen LogP contribution in [-0.4, -0.2) is 53.9 Å². The van der Waals surface area contributed by atoms with Gasteiger partial charge in [0.15, 0.2) is 0 Å². The van der Waals surface area contributed by atoms with Crippen molar-refractivity contribution in [3.8, 4) is 0 Å². The van der Waals surface area contributed by atoms with Gasteiger partial charge in [0.05, 0.1) is 15.9 Å². The van der Waals surface area contributed by atoms with Crippen LogP contribution < -0.4 is 5.32 Å². The van der Waals surface area contributed by atoms with E-state index in [9.17, 15) is 9.59 Å². The molecule has 0 aromatic rings. The summed E-state index contributed by atoms with van der Waals surface area (Å²) in [5.74, 6) is -0.551. The van der Waals surface area contributed by atoms with Crippen molar-refractivity contribution in [1.82, 2.24) is 10.2 Å². The maximum absolute atomic E-state index is 12.2. The normalized spacial score (nSPS) is 20.4. The van der Waals surface area contributed by atoms with E-state index in [2.05, 4.69) is 29.1 Å². The van der Waals surface area contributed by atoms with Crippen molar-refractivity contribution in [1.29, 1.82) is 0 Å². The van der Waals surface area contributed by atoms with Crippen molar-refractivity contribution in [3.63, 3.8) is 0 Å². The molecular formula is C20H29N3O2S. The minimum absolute atomic E-state index is 0.0235. The molecule has 1 heterocycles. The van der Waals surface area contributed by atoms with Gasteiger partial charge in [-0.2, -0.15) is 0 Å². The largest absolute Gasteiger partial charge is 0.351 e. The summed E-state index contributed by atoms with van der Waals surface area (Å²) in [6.07, 6.45) is 13.7. The fraction of sp³-hybridized carbons (Fsp3) is 0.550. The summed E-state index contributed by atoms with van der Waals surface area (Å²) in [6.45, 7) is 7.96. The average Bonchev–Trinajstić information content (AvgIpc) is 2.64. The van der Waals surface area contributed by atoms with Crippen molar-refractivity contribution in [2.75, 3.05) is 26.2 Å². The fourth-order valence-corrected chi connectivity index (χ4v) is 3.79. The lowest BCUT2D eigenvalue weighted by atomic mass is 10.1. The molecule has 1 aliphatic carbocycles. The highest BCUT2D eigenvalue weighted by Gasteiger charge is 2.26. The molecule has 6 heteroatoms. The van der Waals surface area contributed by atoms with Gasteiger partial charge in [0.25, 0.3) is 5.91 Å². The SMILES string of the molecule is CCCCN(CCCC)CCNC(=O)/C=C1\SC2C=CC=CC2=NC1=O. The Morgan fingerprint density at radius 3 is 2.65 bits per heavy atom. The van der Waals surface area contributed by atoms with Gasteiger partial charge in [0, 0.05) is 19.2 Å². The molecule has 2 amide bonds. The highest BCUT2D eigenvalue weighted by Crippen LogP contribution is 2.31. The molecule has 0 saturated carbocycles. The van der Waals surface area contributed by atoms with Crippen LogP contribution in [0, 0.1) is 0 Å². The van der Waals surface area contributed by atoms with Crippen LogP contribution >= 0.6 is 11.8 Å². The Labute approximate surface area is 160 Å². The van der Waals surface area contributed by atoms with Gasteiger partial charge < -0.3 is 10.2 Å². The zero-order chi connectivity index (χ0) is 18.8. The monoisotopic (exact) mass is 375 g/mol. The van der Waals surface area contributed by atoms with Crippen LogP contribution in [-0.2, 0) is 9.59 Å². The van der Waals surface area contributed by atoms with Crippen LogP contribution in [0.3, 0.4) is 0 Å². The number of nitrogens with zero attached hydrogens (tertiary/aromatic N) is 2. The number of nitrogens with one attached hydrogen (secondary N) is 1. The van der Waals surface area contributed by atoms with E-state index < -0.39 is 0 Å². The number of allylic oxidation sites excluding steroid dienone is 3. The van der Waals surface area contributed by atoms with Crippen LogP contribution in [0.4, 0.5) is 0 Å². The lowest BCUT2D eigenvalue weighted by Gasteiger charge is -2.22. The Balaban J connectivity index is 1.82. The molecule has 2 rings (SSSR count). The minimum atomic E-state index is -0.330. The maximum atomic E-state index is 12.2. The Kier molecular flexibility index (Phi) is 8.85. The van der Waals surface area contributed by atoms with Gasteiger partial charge >= 0.3 is 0 Å². The van der Waals surface area contributed by atoms with E-state index in [0.717, 1.165) is 25.3 Å². The van der Waals surface area contributed by atoms with Crippen molar-refractivity contribution in [3.05, 3.63) is 35.3 Å². The zero-order valence-electron chi connectivity index (χ0n) is 15.7. The predicted molar refractivity (Wildman–Crippen MR) is 109 cm³/mol. The first kappa shape index (κ1) is 20.6. The predicted octanol–water partition coefficient (Wildman–Crippen LogP) is 3.10. The first-order chi connectivity index (χ1) is 12.6. The standard InChI is InChI=1S/C20H29N3O2S/c1-3-5-12-23(13-6-4-2)14-11-21-19(24)15-18-20(25)22-16-9-7-8-10-17(16)26-18/h7-10,15,17H,3-6,11-14H2,1-2H3,(H,21,24)/b18-15-. The molecule has 2 aliphatic rings. The number of rotatable bonds is 10. The summed E-state index contributed by atoms with van der Waals surface area (Å²) in [5, 5.41) is 2.93. The first-order valence-corrected chi connectivity index (χ1v) is 10.4. The van der Waals surface area contributed by atoms with E-state index in [1.54, 1.807) is 0 Å². The number of aliphatic imine (C=N–C) groups is 1. The number of hydrogen-bond donors (Lipinski definition) is 1. The molecule has 142 valence electrons. The van der Waals surface area contributed by atoms with E-state index in [4.69, 9.17) is 0 Å². The van der Waals surface area contributed by atoms with Crippen LogP contribution in [0.25, 0.3) is 0 Å². The van der Waals surface area contributed by atoms with Gasteiger partial charge in [-0.15, -0.1) is 11.8 Å². The summed E-state index contributed by atoms with van der Waals surface area (Å²) in [6, 6.07) is 0. The molecule has 1 aliphatic heterocycles. The van der Waals surface area contributed by atoms with Crippen LogP contribution in [0.5, 0.6) is 0 Å². The summed E-state index contributed by atoms with van der Waals surface area (Å²) in [4.78, 5) is 31.1. The van der Waals surface area contributed by atoms with Crippen molar-refractivity contribution < 1.29 is 9.59 Å². The van der Waals surface area contributed by atoms with E-state index in [1.807, 2.05) is 24.3 Å². The molecule has 5 nitrogen and oxygen atoms in total. The molecule has 0 radical (unpaired) electrons. The van der Waals surface area contributed by atoms with E-state index in [-0.39, 0.29) is 17.1 Å². The summed E-state index contributed by atoms with van der Waals surface area (Å²) < 4.78 is 0. The Morgan fingerprint density at radius 1 is 1.23 bits per heavy atom. The van der Waals surface area contributed by atoms with Crippen molar-refractivity contribution >= 4 is 29.3 Å². The van der Waals surface area contributed by atoms with Crippen LogP contribution in [0.1, 0.15) is 39.5 Å². The molecule has 0 saturated heterocycles. The van der Waals surface area contributed by atoms with E-state index >= 15 is 0 Å². The van der Waals surface area contributed by atoms with Gasteiger partial charge in [-0.3, -0.25) is 9.59 Å². The Morgan fingerprint density at radius 2 is 1.96 bits per heavy atom. The third-order valence-corrected chi connectivity index (χ3v) is 5.50. The quantitative estimate of drug-likeness (QED) is 0.596. The van der Waals surface area contributed by atoms with Gasteiger partial charge in [0.2, 0.25) is 5.91 Å². The average molecular weight is 376 g/mol. The topological polar surface area (TPSA) is 61.8 Å². The zero-order valence-corrected chi connectivity index (χ0v) is 16.6. The van der Waals surface area contributed by atoms with E-state index in [1.165, 1.54) is 43.5 Å². The molecule has 0 aromatic carbocycles. The number of hydrogen-bond acceptors (Lipinski definition) is 4.